The van der Waals surface area contributed by atoms with E-state index in [0.717, 1.165) is 25.7 Å². The zero-order valence-corrected chi connectivity index (χ0v) is 17.3. The molecule has 1 rings (SSSR count). The van der Waals surface area contributed by atoms with Gasteiger partial charge in [-0.15, -0.1) is 0 Å². The summed E-state index contributed by atoms with van der Waals surface area (Å²) in [7, 11) is -2.48. The van der Waals surface area contributed by atoms with Gasteiger partial charge in [0.15, 0.2) is 0 Å². The molecular formula is C18H38N2O3Si. The predicted octanol–water partition coefficient (Wildman–Crippen LogP) is 4.05. The number of nitrogens with zero attached hydrogens (tertiary/aromatic N) is 2. The summed E-state index contributed by atoms with van der Waals surface area (Å²) in [5.74, 6) is 0. The zero-order chi connectivity index (χ0) is 17.7. The fourth-order valence-corrected chi connectivity index (χ4v) is 5.64. The first kappa shape index (κ1) is 21.5. The Bertz CT molecular complexity index is 325. The van der Waals surface area contributed by atoms with Crippen molar-refractivity contribution < 1.29 is 13.3 Å². The highest BCUT2D eigenvalue weighted by molar-refractivity contribution is 6.60. The lowest BCUT2D eigenvalue weighted by atomic mass is 10.2. The quantitative estimate of drug-likeness (QED) is 0.326. The number of unbranched alkanes of at least 4 members (excludes halogenated alkanes) is 3. The smallest absolute Gasteiger partial charge is 0.374 e. The van der Waals surface area contributed by atoms with E-state index in [2.05, 4.69) is 29.1 Å². The molecule has 0 aromatic carbocycles. The molecule has 0 aromatic heterocycles. The fourth-order valence-electron chi connectivity index (χ4n) is 3.05. The van der Waals surface area contributed by atoms with Crippen LogP contribution in [0.4, 0.5) is 0 Å². The third kappa shape index (κ3) is 8.01. The van der Waals surface area contributed by atoms with Crippen LogP contribution >= 0.6 is 0 Å². The van der Waals surface area contributed by atoms with Gasteiger partial charge < -0.3 is 23.1 Å². The van der Waals surface area contributed by atoms with Crippen LogP contribution in [0, 0.1) is 0 Å². The third-order valence-electron chi connectivity index (χ3n) is 4.17. The molecule has 0 amide bonds. The van der Waals surface area contributed by atoms with E-state index in [-0.39, 0.29) is 0 Å². The van der Waals surface area contributed by atoms with Crippen molar-refractivity contribution >= 4 is 8.80 Å². The van der Waals surface area contributed by atoms with Crippen LogP contribution in [0.15, 0.2) is 12.4 Å². The summed E-state index contributed by atoms with van der Waals surface area (Å²) in [6.07, 6.45) is 10.8. The molecule has 0 aliphatic carbocycles. The second-order valence-electron chi connectivity index (χ2n) is 6.21. The van der Waals surface area contributed by atoms with Crippen molar-refractivity contribution in [3.05, 3.63) is 12.4 Å². The second kappa shape index (κ2) is 12.8. The summed E-state index contributed by atoms with van der Waals surface area (Å²) >= 11 is 0. The van der Waals surface area contributed by atoms with Crippen LogP contribution in [-0.4, -0.2) is 58.2 Å². The average molecular weight is 359 g/mol. The van der Waals surface area contributed by atoms with E-state index in [1.807, 2.05) is 20.8 Å². The highest BCUT2D eigenvalue weighted by atomic mass is 28.4. The van der Waals surface area contributed by atoms with Crippen LogP contribution in [0.1, 0.15) is 59.8 Å². The summed E-state index contributed by atoms with van der Waals surface area (Å²) in [6, 6.07) is 0.892. The monoisotopic (exact) mass is 358 g/mol. The Balaban J connectivity index is 2.28. The van der Waals surface area contributed by atoms with Crippen molar-refractivity contribution in [1.29, 1.82) is 0 Å². The molecule has 6 heteroatoms. The largest absolute Gasteiger partial charge is 0.500 e. The van der Waals surface area contributed by atoms with Gasteiger partial charge in [-0.3, -0.25) is 0 Å². The maximum absolute atomic E-state index is 5.92. The lowest BCUT2D eigenvalue weighted by Crippen LogP contribution is -2.46. The number of hydrogen-bond donors (Lipinski definition) is 0. The van der Waals surface area contributed by atoms with Crippen LogP contribution in [0.25, 0.3) is 0 Å². The molecule has 0 N–H and O–H groups in total. The molecule has 5 nitrogen and oxygen atoms in total. The highest BCUT2D eigenvalue weighted by Gasteiger charge is 2.39. The summed E-state index contributed by atoms with van der Waals surface area (Å²) in [5, 5.41) is 0. The van der Waals surface area contributed by atoms with E-state index in [0.29, 0.717) is 19.8 Å². The normalized spacial score (nSPS) is 14.8. The lowest BCUT2D eigenvalue weighted by Gasteiger charge is -2.29. The molecule has 0 saturated carbocycles. The summed E-state index contributed by atoms with van der Waals surface area (Å²) in [6.45, 7) is 13.5. The first-order valence-electron chi connectivity index (χ1n) is 9.78. The van der Waals surface area contributed by atoms with Crippen LogP contribution in [0.5, 0.6) is 0 Å². The van der Waals surface area contributed by atoms with Crippen molar-refractivity contribution in [3.63, 3.8) is 0 Å². The molecule has 1 heterocycles. The highest BCUT2D eigenvalue weighted by Crippen LogP contribution is 2.19. The molecule has 0 atom stereocenters. The Morgan fingerprint density at radius 2 is 1.29 bits per heavy atom. The van der Waals surface area contributed by atoms with Crippen molar-refractivity contribution in [3.8, 4) is 0 Å². The Labute approximate surface area is 150 Å². The summed E-state index contributed by atoms with van der Waals surface area (Å²) in [5.41, 5.74) is 0. The van der Waals surface area contributed by atoms with Crippen LogP contribution < -0.4 is 0 Å². The van der Waals surface area contributed by atoms with Crippen molar-refractivity contribution in [2.24, 2.45) is 0 Å². The van der Waals surface area contributed by atoms with Crippen molar-refractivity contribution in [2.45, 2.75) is 65.8 Å². The molecule has 0 bridgehead atoms. The SMILES string of the molecule is CCCCCCN1C=CN(CCC[Si](OCC)(OCC)OCC)C1. The van der Waals surface area contributed by atoms with Gasteiger partial charge in [-0.25, -0.2) is 0 Å². The Hall–Kier alpha value is -0.563. The van der Waals surface area contributed by atoms with Gasteiger partial charge in [0.25, 0.3) is 0 Å². The minimum Gasteiger partial charge on any atom is -0.374 e. The van der Waals surface area contributed by atoms with Gasteiger partial charge in [0.2, 0.25) is 0 Å². The summed E-state index contributed by atoms with van der Waals surface area (Å²) in [4.78, 5) is 4.79. The molecule has 24 heavy (non-hydrogen) atoms. The first-order valence-corrected chi connectivity index (χ1v) is 11.7. The van der Waals surface area contributed by atoms with Gasteiger partial charge in [-0.1, -0.05) is 26.2 Å². The van der Waals surface area contributed by atoms with Gasteiger partial charge >= 0.3 is 8.80 Å². The number of rotatable bonds is 15. The molecule has 1 aliphatic heterocycles. The van der Waals surface area contributed by atoms with Gasteiger partial charge in [-0.2, -0.15) is 0 Å². The van der Waals surface area contributed by atoms with Crippen molar-refractivity contribution in [2.75, 3.05) is 39.6 Å². The van der Waals surface area contributed by atoms with E-state index >= 15 is 0 Å². The zero-order valence-electron chi connectivity index (χ0n) is 16.3. The fraction of sp³-hybridized carbons (Fsp3) is 0.889. The maximum Gasteiger partial charge on any atom is 0.500 e. The van der Waals surface area contributed by atoms with Gasteiger partial charge in [0.1, 0.15) is 0 Å². The number of hydrogen-bond acceptors (Lipinski definition) is 5. The van der Waals surface area contributed by atoms with Crippen LogP contribution in [0.2, 0.25) is 6.04 Å². The molecule has 0 spiro atoms. The second-order valence-corrected chi connectivity index (χ2v) is 8.94. The molecule has 0 saturated heterocycles. The molecule has 142 valence electrons. The van der Waals surface area contributed by atoms with E-state index in [1.54, 1.807) is 0 Å². The molecule has 0 radical (unpaired) electrons. The standard InChI is InChI=1S/C18H38N2O3Si/c1-5-9-10-11-13-19-15-16-20(18-19)14-12-17-24(21-6-2,22-7-3)23-8-4/h15-16H,5-14,17-18H2,1-4H3. The topological polar surface area (TPSA) is 34.2 Å². The first-order chi connectivity index (χ1) is 11.7. The average Bonchev–Trinajstić information content (AvgIpc) is 3.00. The minimum absolute atomic E-state index is 0.654. The molecule has 0 unspecified atom stereocenters. The van der Waals surface area contributed by atoms with Crippen LogP contribution in [-0.2, 0) is 13.3 Å². The Kier molecular flexibility index (Phi) is 11.4. The molecule has 0 aromatic rings. The Morgan fingerprint density at radius 1 is 0.750 bits per heavy atom. The van der Waals surface area contributed by atoms with Gasteiger partial charge in [0.05, 0.1) is 6.67 Å². The lowest BCUT2D eigenvalue weighted by molar-refractivity contribution is 0.0701. The van der Waals surface area contributed by atoms with Crippen LogP contribution in [0.3, 0.4) is 0 Å². The van der Waals surface area contributed by atoms with E-state index in [1.165, 1.54) is 32.2 Å². The van der Waals surface area contributed by atoms with Gasteiger partial charge in [0, 0.05) is 51.4 Å². The third-order valence-corrected chi connectivity index (χ3v) is 7.32. The summed E-state index contributed by atoms with van der Waals surface area (Å²) < 4.78 is 17.8. The molecule has 1 aliphatic rings. The van der Waals surface area contributed by atoms with E-state index in [4.69, 9.17) is 13.3 Å². The molecular weight excluding hydrogens is 320 g/mol. The van der Waals surface area contributed by atoms with Gasteiger partial charge in [-0.05, 0) is 33.6 Å². The van der Waals surface area contributed by atoms with E-state index in [9.17, 15) is 0 Å². The molecule has 0 fully saturated rings. The predicted molar refractivity (Wildman–Crippen MR) is 102 cm³/mol. The Morgan fingerprint density at radius 3 is 1.79 bits per heavy atom. The van der Waals surface area contributed by atoms with E-state index < -0.39 is 8.80 Å². The van der Waals surface area contributed by atoms with Crippen molar-refractivity contribution in [1.82, 2.24) is 9.80 Å². The minimum atomic E-state index is -2.48. The maximum atomic E-state index is 5.92.